The normalized spacial score (nSPS) is 13.3. The molecular weight excluding hydrogens is 571 g/mol. The van der Waals surface area contributed by atoms with Gasteiger partial charge in [0.15, 0.2) is 5.69 Å². The fraction of sp³-hybridized carbons (Fsp3) is 0.172. The van der Waals surface area contributed by atoms with E-state index < -0.39 is 29.1 Å². The molecule has 0 N–H and O–H groups in total. The van der Waals surface area contributed by atoms with Crippen molar-refractivity contribution < 1.29 is 27.0 Å². The van der Waals surface area contributed by atoms with Crippen molar-refractivity contribution in [3.63, 3.8) is 0 Å². The minimum Gasteiger partial charge on any atom is -0.461 e. The average molecular weight is 597 g/mol. The molecule has 40 heavy (non-hydrogen) atoms. The number of nitriles is 1. The number of esters is 1. The first-order valence-corrected chi connectivity index (χ1v) is 15.8. The maximum atomic E-state index is 15.2. The zero-order chi connectivity index (χ0) is 29.1. The van der Waals surface area contributed by atoms with Crippen LogP contribution in [0.2, 0.25) is 5.02 Å². The molecule has 4 aromatic rings. The van der Waals surface area contributed by atoms with Crippen LogP contribution in [0.1, 0.15) is 35.5 Å². The lowest BCUT2D eigenvalue weighted by atomic mass is 10.1. The number of allylic oxidation sites excluding steroid dienone is 1. The summed E-state index contributed by atoms with van der Waals surface area (Å²) in [5, 5.41) is 9.50. The second-order valence-corrected chi connectivity index (χ2v) is 13.2. The number of ether oxygens (including phenoxy) is 1. The van der Waals surface area contributed by atoms with Crippen LogP contribution in [-0.2, 0) is 23.8 Å². The summed E-state index contributed by atoms with van der Waals surface area (Å²) >= 11 is 6.36. The van der Waals surface area contributed by atoms with E-state index in [1.807, 2.05) is 6.07 Å². The van der Waals surface area contributed by atoms with Crippen LogP contribution in [0, 0.1) is 18.3 Å². The summed E-state index contributed by atoms with van der Waals surface area (Å²) in [4.78, 5) is 13.5. The van der Waals surface area contributed by atoms with E-state index in [0.29, 0.717) is 11.1 Å². The maximum absolute atomic E-state index is 15.2. The molecule has 1 aromatic heterocycles. The highest BCUT2D eigenvalue weighted by atomic mass is 35.5. The number of aromatic nitrogens is 1. The molecule has 0 aliphatic rings. The lowest BCUT2D eigenvalue weighted by molar-refractivity contribution is 0.0520. The SMILES string of the molecule is CCOC(=O)c1c(P(=O)(OCC)c2cc(C)cc(/C=C/C#N)c2)c2cc(Cl)ccc2n1S(=O)(=O)c1ccccc1. The standard InChI is InChI=1S/C29H26ClN2O6PS/c1-4-37-29(33)27-28(39(34,38-5-2)23-17-20(3)16-21(18-23)10-9-15-31)25-19-22(30)13-14-26(25)32(27)40(35,36)24-11-7-6-8-12-24/h6-14,16-19H,4-5H2,1-3H3/b10-9+. The van der Waals surface area contributed by atoms with Gasteiger partial charge in [0.1, 0.15) is 0 Å². The highest BCUT2D eigenvalue weighted by Crippen LogP contribution is 2.49. The Morgan fingerprint density at radius 1 is 1.07 bits per heavy atom. The third-order valence-electron chi connectivity index (χ3n) is 5.99. The van der Waals surface area contributed by atoms with Crippen molar-refractivity contribution in [2.75, 3.05) is 13.2 Å². The molecule has 0 bridgehead atoms. The summed E-state index contributed by atoms with van der Waals surface area (Å²) in [6.07, 6.45) is 2.84. The van der Waals surface area contributed by atoms with E-state index in [1.54, 1.807) is 63.2 Å². The summed E-state index contributed by atoms with van der Waals surface area (Å²) in [5.74, 6) is -0.985. The van der Waals surface area contributed by atoms with Gasteiger partial charge in [-0.05, 0) is 80.4 Å². The molecule has 1 unspecified atom stereocenters. The minimum atomic E-state index is -4.39. The van der Waals surface area contributed by atoms with Gasteiger partial charge in [-0.3, -0.25) is 4.57 Å². The molecule has 1 heterocycles. The van der Waals surface area contributed by atoms with Crippen LogP contribution < -0.4 is 10.6 Å². The number of hydrogen-bond donors (Lipinski definition) is 0. The van der Waals surface area contributed by atoms with Gasteiger partial charge < -0.3 is 9.26 Å². The summed E-state index contributed by atoms with van der Waals surface area (Å²) in [5.41, 5.74) is 0.943. The molecule has 3 aromatic carbocycles. The van der Waals surface area contributed by atoms with E-state index in [2.05, 4.69) is 0 Å². The fourth-order valence-electron chi connectivity index (χ4n) is 4.49. The smallest absolute Gasteiger partial charge is 0.356 e. The summed E-state index contributed by atoms with van der Waals surface area (Å²) in [6, 6.07) is 19.0. The third kappa shape index (κ3) is 5.36. The number of halogens is 1. The molecule has 0 aliphatic heterocycles. The quantitative estimate of drug-likeness (QED) is 0.136. The number of rotatable bonds is 9. The van der Waals surface area contributed by atoms with Gasteiger partial charge >= 0.3 is 5.97 Å². The van der Waals surface area contributed by atoms with Crippen LogP contribution in [0.25, 0.3) is 17.0 Å². The molecular formula is C29H26ClN2O6PS. The molecule has 206 valence electrons. The molecule has 0 fully saturated rings. The summed E-state index contributed by atoms with van der Waals surface area (Å²) < 4.78 is 55.5. The number of nitrogens with zero attached hydrogens (tertiary/aromatic N) is 2. The summed E-state index contributed by atoms with van der Waals surface area (Å²) in [7, 11) is -8.58. The van der Waals surface area contributed by atoms with Gasteiger partial charge in [0.25, 0.3) is 17.4 Å². The topological polar surface area (TPSA) is 115 Å². The number of benzene rings is 3. The van der Waals surface area contributed by atoms with Gasteiger partial charge in [0, 0.05) is 21.8 Å². The highest BCUT2D eigenvalue weighted by molar-refractivity contribution is 7.90. The predicted molar refractivity (Wildman–Crippen MR) is 156 cm³/mol. The molecule has 0 radical (unpaired) electrons. The van der Waals surface area contributed by atoms with Crippen molar-refractivity contribution in [1.82, 2.24) is 3.97 Å². The van der Waals surface area contributed by atoms with Gasteiger partial charge in [-0.1, -0.05) is 35.9 Å². The molecule has 1 atom stereocenters. The van der Waals surface area contributed by atoms with Gasteiger partial charge in [-0.25, -0.2) is 17.2 Å². The molecule has 0 saturated heterocycles. The first-order chi connectivity index (χ1) is 19.1. The average Bonchev–Trinajstić information content (AvgIpc) is 3.28. The van der Waals surface area contributed by atoms with Crippen molar-refractivity contribution in [3.05, 3.63) is 94.6 Å². The van der Waals surface area contributed by atoms with Crippen LogP contribution in [-0.4, -0.2) is 31.6 Å². The zero-order valence-electron chi connectivity index (χ0n) is 22.0. The van der Waals surface area contributed by atoms with E-state index in [1.165, 1.54) is 36.4 Å². The van der Waals surface area contributed by atoms with E-state index in [9.17, 15) is 13.2 Å². The van der Waals surface area contributed by atoms with Crippen LogP contribution in [0.5, 0.6) is 0 Å². The predicted octanol–water partition coefficient (Wildman–Crippen LogP) is 5.82. The Kier molecular flexibility index (Phi) is 8.67. The second kappa shape index (κ2) is 11.8. The highest BCUT2D eigenvalue weighted by Gasteiger charge is 2.42. The molecule has 0 spiro atoms. The number of aryl methyl sites for hydroxylation is 1. The zero-order valence-corrected chi connectivity index (χ0v) is 24.5. The molecule has 11 heteroatoms. The van der Waals surface area contributed by atoms with Crippen LogP contribution in [0.15, 0.2) is 77.7 Å². The molecule has 0 aliphatic carbocycles. The fourth-order valence-corrected chi connectivity index (χ4v) is 8.82. The van der Waals surface area contributed by atoms with Crippen LogP contribution in [0.3, 0.4) is 0 Å². The first kappa shape index (κ1) is 29.3. The second-order valence-electron chi connectivity index (χ2n) is 8.70. The van der Waals surface area contributed by atoms with Crippen molar-refractivity contribution in [3.8, 4) is 6.07 Å². The lowest BCUT2D eigenvalue weighted by Crippen LogP contribution is -2.28. The van der Waals surface area contributed by atoms with Crippen molar-refractivity contribution in [2.24, 2.45) is 0 Å². The van der Waals surface area contributed by atoms with E-state index in [4.69, 9.17) is 26.1 Å². The molecule has 0 saturated carbocycles. The molecule has 4 rings (SSSR count). The van der Waals surface area contributed by atoms with Crippen molar-refractivity contribution in [1.29, 1.82) is 5.26 Å². The minimum absolute atomic E-state index is 0.0183. The number of carbonyl (C=O) groups excluding carboxylic acids is 1. The van der Waals surface area contributed by atoms with Crippen molar-refractivity contribution >= 4 is 62.6 Å². The Labute approximate surface area is 237 Å². The molecule has 0 amide bonds. The van der Waals surface area contributed by atoms with E-state index in [-0.39, 0.29) is 44.6 Å². The van der Waals surface area contributed by atoms with E-state index >= 15 is 4.57 Å². The Hall–Kier alpha value is -3.67. The van der Waals surface area contributed by atoms with Crippen LogP contribution >= 0.6 is 19.0 Å². The largest absolute Gasteiger partial charge is 0.461 e. The lowest BCUT2D eigenvalue weighted by Gasteiger charge is -2.21. The number of carbonyl (C=O) groups is 1. The van der Waals surface area contributed by atoms with Crippen molar-refractivity contribution in [2.45, 2.75) is 25.7 Å². The first-order valence-electron chi connectivity index (χ1n) is 12.3. The van der Waals surface area contributed by atoms with Gasteiger partial charge in [-0.15, -0.1) is 0 Å². The third-order valence-corrected chi connectivity index (χ3v) is 10.6. The van der Waals surface area contributed by atoms with Crippen LogP contribution in [0.4, 0.5) is 0 Å². The Balaban J connectivity index is 2.21. The number of hydrogen-bond acceptors (Lipinski definition) is 7. The Morgan fingerprint density at radius 3 is 2.45 bits per heavy atom. The number of fused-ring (bicyclic) bond motifs is 1. The van der Waals surface area contributed by atoms with Gasteiger partial charge in [-0.2, -0.15) is 5.26 Å². The Morgan fingerprint density at radius 2 is 1.80 bits per heavy atom. The molecule has 8 nitrogen and oxygen atoms in total. The van der Waals surface area contributed by atoms with E-state index in [0.717, 1.165) is 3.97 Å². The summed E-state index contributed by atoms with van der Waals surface area (Å²) in [6.45, 7) is 4.95. The maximum Gasteiger partial charge on any atom is 0.356 e. The van der Waals surface area contributed by atoms with Gasteiger partial charge in [0.2, 0.25) is 0 Å². The monoisotopic (exact) mass is 596 g/mol. The van der Waals surface area contributed by atoms with Gasteiger partial charge in [0.05, 0.1) is 35.0 Å². The Bertz CT molecular complexity index is 1820.